The maximum atomic E-state index is 15.6. The number of methoxy groups -OCH3 is 1. The van der Waals surface area contributed by atoms with Crippen molar-refractivity contribution in [2.75, 3.05) is 39.0 Å². The van der Waals surface area contributed by atoms with Crippen molar-refractivity contribution in [2.24, 2.45) is 0 Å². The number of piperidine rings is 1. The second kappa shape index (κ2) is 11.7. The Balaban J connectivity index is 1.44. The van der Waals surface area contributed by atoms with Gasteiger partial charge >= 0.3 is 6.09 Å². The molecule has 0 unspecified atom stereocenters. The molecular weight excluding hydrogens is 586 g/mol. The number of aromatic nitrogens is 3. The molecule has 15 heteroatoms. The Kier molecular flexibility index (Phi) is 8.35. The van der Waals surface area contributed by atoms with Crippen LogP contribution in [-0.4, -0.2) is 93.4 Å². The van der Waals surface area contributed by atoms with Gasteiger partial charge in [0, 0.05) is 50.7 Å². The Hall–Kier alpha value is -4.14. The fourth-order valence-corrected chi connectivity index (χ4v) is 5.46. The highest BCUT2D eigenvalue weighted by Gasteiger charge is 2.39. The largest absolute Gasteiger partial charge is 0.496 e. The fraction of sp³-hybridized carbons (Fsp3) is 0.517. The van der Waals surface area contributed by atoms with Gasteiger partial charge in [-0.25, -0.2) is 31.9 Å². The second-order valence-corrected chi connectivity index (χ2v) is 12.1. The van der Waals surface area contributed by atoms with Gasteiger partial charge in [0.2, 0.25) is 0 Å². The normalized spacial score (nSPS) is 20.6. The monoisotopic (exact) mass is 621 g/mol. The Labute approximate surface area is 251 Å². The average molecular weight is 622 g/mol. The van der Waals surface area contributed by atoms with E-state index in [4.69, 9.17) is 15.2 Å². The highest BCUT2D eigenvalue weighted by atomic mass is 19.3. The first-order valence-electron chi connectivity index (χ1n) is 14.2. The van der Waals surface area contributed by atoms with Crippen LogP contribution in [0.15, 0.2) is 24.5 Å². The molecule has 0 radical (unpaired) electrons. The second-order valence-electron chi connectivity index (χ2n) is 12.1. The lowest BCUT2D eigenvalue weighted by Gasteiger charge is -2.31. The van der Waals surface area contributed by atoms with Crippen molar-refractivity contribution >= 4 is 23.3 Å². The zero-order chi connectivity index (χ0) is 32.0. The maximum Gasteiger partial charge on any atom is 0.410 e. The van der Waals surface area contributed by atoms with Crippen molar-refractivity contribution in [1.82, 2.24) is 29.7 Å². The fourth-order valence-electron chi connectivity index (χ4n) is 5.46. The van der Waals surface area contributed by atoms with Gasteiger partial charge in [0.1, 0.15) is 35.2 Å². The van der Waals surface area contributed by atoms with Gasteiger partial charge in [0.05, 0.1) is 31.0 Å². The van der Waals surface area contributed by atoms with Crippen molar-refractivity contribution in [1.29, 1.82) is 0 Å². The minimum atomic E-state index is -2.72. The summed E-state index contributed by atoms with van der Waals surface area (Å²) in [5.41, 5.74) is 6.50. The van der Waals surface area contributed by atoms with Crippen LogP contribution in [0.2, 0.25) is 0 Å². The number of carbonyl (C=O) groups is 2. The van der Waals surface area contributed by atoms with Crippen LogP contribution in [0.25, 0.3) is 16.8 Å². The number of benzene rings is 1. The highest BCUT2D eigenvalue weighted by Crippen LogP contribution is 2.35. The van der Waals surface area contributed by atoms with Crippen LogP contribution in [0, 0.1) is 5.82 Å². The minimum Gasteiger partial charge on any atom is -0.496 e. The molecular formula is C29H35F4N7O4. The molecule has 3 N–H and O–H groups in total. The number of nitrogens with two attached hydrogens (primary N) is 1. The van der Waals surface area contributed by atoms with Gasteiger partial charge < -0.3 is 25.4 Å². The number of rotatable bonds is 6. The summed E-state index contributed by atoms with van der Waals surface area (Å²) in [6, 6.07) is 2.89. The van der Waals surface area contributed by atoms with E-state index in [1.165, 1.54) is 28.9 Å². The molecule has 3 aromatic rings. The topological polar surface area (TPSA) is 127 Å². The van der Waals surface area contributed by atoms with E-state index in [2.05, 4.69) is 15.4 Å². The predicted octanol–water partition coefficient (Wildman–Crippen LogP) is 4.04. The summed E-state index contributed by atoms with van der Waals surface area (Å²) in [6.45, 7) is 5.26. The zero-order valence-corrected chi connectivity index (χ0v) is 24.9. The number of alkyl halides is 3. The minimum absolute atomic E-state index is 0.0286. The van der Waals surface area contributed by atoms with Crippen LogP contribution in [0.4, 0.5) is 28.2 Å². The first kappa shape index (κ1) is 31.3. The van der Waals surface area contributed by atoms with Crippen LogP contribution in [0.5, 0.6) is 5.75 Å². The molecule has 2 saturated heterocycles. The molecule has 2 aliphatic heterocycles. The number of halogens is 4. The standard InChI is InChI=1S/C29H35F4N7O4/c1-28(2,3)44-27(42)39-13-20(31)21(14-39)37-26(41)18-10-17(19(30)11-23(18)43-4)22-9-16(24-25(34)35-15-36-40(22)24)12-38-7-5-29(32,33)6-8-38/h9-11,15,20-21H,5-8,12-14H2,1-4H3,(H,37,41)(H2,34,35,36)/t20-,21+/m0/s1. The summed E-state index contributed by atoms with van der Waals surface area (Å²) in [4.78, 5) is 32.9. The number of amides is 2. The van der Waals surface area contributed by atoms with E-state index in [1.807, 2.05) is 4.90 Å². The lowest BCUT2D eigenvalue weighted by Crippen LogP contribution is -2.42. The van der Waals surface area contributed by atoms with E-state index in [0.29, 0.717) is 11.1 Å². The smallest absolute Gasteiger partial charge is 0.410 e. The molecule has 0 aliphatic carbocycles. The Morgan fingerprint density at radius 2 is 1.86 bits per heavy atom. The summed E-state index contributed by atoms with van der Waals surface area (Å²) in [6.07, 6.45) is -1.62. The molecule has 5 rings (SSSR count). The van der Waals surface area contributed by atoms with Gasteiger partial charge in [-0.1, -0.05) is 0 Å². The third kappa shape index (κ3) is 6.51. The molecule has 2 atom stereocenters. The summed E-state index contributed by atoms with van der Waals surface area (Å²) < 4.78 is 69.9. The number of fused-ring (bicyclic) bond motifs is 1. The number of likely N-dealkylation sites (tertiary alicyclic amines) is 2. The number of anilines is 1. The van der Waals surface area contributed by atoms with Crippen LogP contribution in [0.1, 0.15) is 49.5 Å². The molecule has 2 fully saturated rings. The third-order valence-corrected chi connectivity index (χ3v) is 7.67. The van der Waals surface area contributed by atoms with Crippen LogP contribution in [0.3, 0.4) is 0 Å². The molecule has 238 valence electrons. The number of carbonyl (C=O) groups excluding carboxylic acids is 2. The number of hydrogen-bond acceptors (Lipinski definition) is 8. The van der Waals surface area contributed by atoms with Crippen LogP contribution < -0.4 is 15.8 Å². The van der Waals surface area contributed by atoms with Gasteiger partial charge in [-0.2, -0.15) is 5.10 Å². The SMILES string of the molecule is COc1cc(F)c(-c2cc(CN3CCC(F)(F)CC3)c3c(N)ncnn23)cc1C(=O)N[C@@H]1CN(C(=O)OC(C)(C)C)C[C@@H]1F. The van der Waals surface area contributed by atoms with Gasteiger partial charge in [-0.3, -0.25) is 9.69 Å². The van der Waals surface area contributed by atoms with E-state index in [1.54, 1.807) is 26.8 Å². The molecule has 2 aliphatic rings. The van der Waals surface area contributed by atoms with Gasteiger partial charge in [-0.05, 0) is 38.5 Å². The van der Waals surface area contributed by atoms with Gasteiger partial charge in [0.25, 0.3) is 11.8 Å². The highest BCUT2D eigenvalue weighted by molar-refractivity contribution is 5.98. The molecule has 11 nitrogen and oxygen atoms in total. The predicted molar refractivity (Wildman–Crippen MR) is 153 cm³/mol. The number of nitrogens with one attached hydrogen (secondary N) is 1. The molecule has 0 bridgehead atoms. The summed E-state index contributed by atoms with van der Waals surface area (Å²) in [5, 5.41) is 6.84. The third-order valence-electron chi connectivity index (χ3n) is 7.67. The first-order valence-corrected chi connectivity index (χ1v) is 14.2. The molecule has 1 aromatic carbocycles. The average Bonchev–Trinajstić information content (AvgIpc) is 3.49. The van der Waals surface area contributed by atoms with E-state index in [0.717, 1.165) is 6.07 Å². The van der Waals surface area contributed by atoms with Crippen LogP contribution >= 0.6 is 0 Å². The molecule has 2 aromatic heterocycles. The quantitative estimate of drug-likeness (QED) is 0.395. The lowest BCUT2D eigenvalue weighted by molar-refractivity contribution is -0.0565. The number of hydrogen-bond donors (Lipinski definition) is 2. The van der Waals surface area contributed by atoms with Crippen molar-refractivity contribution in [2.45, 2.75) is 63.9 Å². The number of ether oxygens (including phenoxy) is 2. The van der Waals surface area contributed by atoms with Crippen molar-refractivity contribution in [3.63, 3.8) is 0 Å². The van der Waals surface area contributed by atoms with E-state index in [9.17, 15) is 22.8 Å². The van der Waals surface area contributed by atoms with Crippen LogP contribution in [-0.2, 0) is 11.3 Å². The van der Waals surface area contributed by atoms with Gasteiger partial charge in [-0.15, -0.1) is 0 Å². The number of nitrogen functional groups attached to an aromatic ring is 1. The lowest BCUT2D eigenvalue weighted by atomic mass is 10.0. The Bertz CT molecular complexity index is 1570. The molecule has 0 spiro atoms. The summed E-state index contributed by atoms with van der Waals surface area (Å²) >= 11 is 0. The van der Waals surface area contributed by atoms with Gasteiger partial charge in [0.15, 0.2) is 5.82 Å². The zero-order valence-electron chi connectivity index (χ0n) is 24.9. The van der Waals surface area contributed by atoms with E-state index < -0.39 is 41.6 Å². The summed E-state index contributed by atoms with van der Waals surface area (Å²) in [7, 11) is 1.27. The Morgan fingerprint density at radius 1 is 1.16 bits per heavy atom. The molecule has 4 heterocycles. The Morgan fingerprint density at radius 3 is 2.52 bits per heavy atom. The van der Waals surface area contributed by atoms with Crippen molar-refractivity contribution in [3.8, 4) is 17.0 Å². The van der Waals surface area contributed by atoms with Crippen molar-refractivity contribution < 1.29 is 36.6 Å². The van der Waals surface area contributed by atoms with E-state index in [-0.39, 0.29) is 74.0 Å². The van der Waals surface area contributed by atoms with E-state index >= 15 is 4.39 Å². The maximum absolute atomic E-state index is 15.6. The number of nitrogens with zero attached hydrogens (tertiary/aromatic N) is 5. The first-order chi connectivity index (χ1) is 20.7. The molecule has 44 heavy (non-hydrogen) atoms. The van der Waals surface area contributed by atoms with Crippen molar-refractivity contribution in [3.05, 3.63) is 41.5 Å². The molecule has 2 amide bonds. The molecule has 0 saturated carbocycles. The summed E-state index contributed by atoms with van der Waals surface area (Å²) in [5.74, 6) is -4.18.